The van der Waals surface area contributed by atoms with Gasteiger partial charge in [0.15, 0.2) is 0 Å². The molecule has 8 heteroatoms. The Morgan fingerprint density at radius 1 is 1.32 bits per heavy atom. The smallest absolute Gasteiger partial charge is 0.306 e. The quantitative estimate of drug-likeness (QED) is 0.446. The first-order valence-corrected chi connectivity index (χ1v) is 10.7. The van der Waals surface area contributed by atoms with Gasteiger partial charge in [0.05, 0.1) is 23.7 Å². The topological polar surface area (TPSA) is 119 Å². The third kappa shape index (κ3) is 3.28. The molecule has 0 radical (unpaired) electrons. The number of nitrogens with two attached hydrogens (primary N) is 1. The Labute approximate surface area is 179 Å². The average Bonchev–Trinajstić information content (AvgIpc) is 3.37. The van der Waals surface area contributed by atoms with Crippen molar-refractivity contribution in [3.05, 3.63) is 42.5 Å². The van der Waals surface area contributed by atoms with Gasteiger partial charge in [0.25, 0.3) is 0 Å². The number of rotatable bonds is 5. The van der Waals surface area contributed by atoms with Crippen LogP contribution in [0.2, 0.25) is 0 Å². The van der Waals surface area contributed by atoms with Gasteiger partial charge < -0.3 is 20.6 Å². The minimum atomic E-state index is -0.705. The van der Waals surface area contributed by atoms with Crippen LogP contribution in [0.15, 0.2) is 36.7 Å². The van der Waals surface area contributed by atoms with Crippen LogP contribution in [0, 0.1) is 5.92 Å². The van der Waals surface area contributed by atoms with Gasteiger partial charge in [-0.25, -0.2) is 9.97 Å². The van der Waals surface area contributed by atoms with E-state index in [4.69, 9.17) is 15.5 Å². The lowest BCUT2D eigenvalue weighted by Gasteiger charge is -2.25. The molecule has 4 N–H and O–H groups in total. The van der Waals surface area contributed by atoms with Gasteiger partial charge in [-0.3, -0.25) is 9.20 Å². The number of carboxylic acid groups (broad SMARTS) is 1. The predicted molar refractivity (Wildman–Crippen MR) is 118 cm³/mol. The highest BCUT2D eigenvalue weighted by Crippen LogP contribution is 2.39. The van der Waals surface area contributed by atoms with Gasteiger partial charge >= 0.3 is 5.97 Å². The molecule has 8 nitrogen and oxygen atoms in total. The van der Waals surface area contributed by atoms with Gasteiger partial charge in [-0.05, 0) is 44.7 Å². The molecule has 1 aromatic carbocycles. The molecule has 5 rings (SSSR count). The molecule has 0 unspecified atom stereocenters. The highest BCUT2D eigenvalue weighted by atomic mass is 16.5. The van der Waals surface area contributed by atoms with Crippen LogP contribution in [-0.4, -0.2) is 37.0 Å². The van der Waals surface area contributed by atoms with E-state index in [-0.39, 0.29) is 11.8 Å². The van der Waals surface area contributed by atoms with Crippen molar-refractivity contribution in [2.75, 3.05) is 12.3 Å². The number of hydrogen-bond donors (Lipinski definition) is 3. The lowest BCUT2D eigenvalue weighted by molar-refractivity contribution is -0.142. The zero-order valence-electron chi connectivity index (χ0n) is 17.3. The number of aromatic nitrogens is 4. The largest absolute Gasteiger partial charge is 0.492 e. The zero-order chi connectivity index (χ0) is 21.5. The third-order valence-electron chi connectivity index (χ3n) is 6.22. The van der Waals surface area contributed by atoms with Crippen molar-refractivity contribution in [2.45, 2.75) is 38.5 Å². The van der Waals surface area contributed by atoms with E-state index in [0.29, 0.717) is 25.3 Å². The molecular weight excluding hydrogens is 394 g/mol. The summed E-state index contributed by atoms with van der Waals surface area (Å²) in [5, 5.41) is 10.4. The second-order valence-corrected chi connectivity index (χ2v) is 8.07. The van der Waals surface area contributed by atoms with Crippen LogP contribution in [-0.2, 0) is 4.79 Å². The first-order valence-electron chi connectivity index (χ1n) is 10.7. The third-order valence-corrected chi connectivity index (χ3v) is 6.22. The van der Waals surface area contributed by atoms with Crippen molar-refractivity contribution in [3.63, 3.8) is 0 Å². The number of nitrogens with one attached hydrogen (secondary N) is 1. The molecule has 31 heavy (non-hydrogen) atoms. The molecule has 3 heterocycles. The highest BCUT2D eigenvalue weighted by molar-refractivity contribution is 5.93. The van der Waals surface area contributed by atoms with Crippen LogP contribution >= 0.6 is 0 Å². The normalized spacial score (nSPS) is 19.1. The van der Waals surface area contributed by atoms with E-state index in [1.54, 1.807) is 6.20 Å². The number of carbonyl (C=O) groups is 1. The Hall–Kier alpha value is -3.55. The van der Waals surface area contributed by atoms with E-state index in [1.165, 1.54) is 0 Å². The van der Waals surface area contributed by atoms with Gasteiger partial charge in [-0.1, -0.05) is 12.1 Å². The van der Waals surface area contributed by atoms with Crippen LogP contribution in [0.5, 0.6) is 5.75 Å². The van der Waals surface area contributed by atoms with Crippen molar-refractivity contribution in [1.82, 2.24) is 19.4 Å². The van der Waals surface area contributed by atoms with Crippen LogP contribution in [0.4, 0.5) is 5.82 Å². The monoisotopic (exact) mass is 419 g/mol. The average molecular weight is 419 g/mol. The molecule has 0 aliphatic heterocycles. The number of aromatic amines is 1. The summed E-state index contributed by atoms with van der Waals surface area (Å²) in [4.78, 5) is 24.1. The van der Waals surface area contributed by atoms with Crippen molar-refractivity contribution in [3.8, 4) is 17.1 Å². The van der Waals surface area contributed by atoms with E-state index in [9.17, 15) is 9.90 Å². The fraction of sp³-hybridized carbons (Fsp3) is 0.348. The number of H-pyrrole nitrogens is 1. The van der Waals surface area contributed by atoms with Crippen molar-refractivity contribution >= 4 is 28.2 Å². The molecule has 0 spiro atoms. The molecule has 0 atom stereocenters. The fourth-order valence-corrected chi connectivity index (χ4v) is 4.69. The number of fused-ring (bicyclic) bond motifs is 2. The first-order chi connectivity index (χ1) is 15.1. The number of benzene rings is 1. The molecule has 0 amide bonds. The standard InChI is InChI=1S/C23H25N5O3/c1-2-31-17-5-3-4-15-12-16(26-18(15)17)19-20-21(24)25-10-11-28(20)22(27-19)13-6-8-14(9-7-13)23(29)30/h3-5,10-14,26H,2,6-9H2,1H3,(H2,24,25)(H,29,30). The van der Waals surface area contributed by atoms with Gasteiger partial charge in [0.1, 0.15) is 28.6 Å². The number of nitrogen functional groups attached to an aromatic ring is 1. The summed E-state index contributed by atoms with van der Waals surface area (Å²) in [6.45, 7) is 2.55. The summed E-state index contributed by atoms with van der Waals surface area (Å²) in [6.07, 6.45) is 6.47. The summed E-state index contributed by atoms with van der Waals surface area (Å²) in [6, 6.07) is 8.00. The lowest BCUT2D eigenvalue weighted by atomic mass is 9.81. The molecule has 0 saturated heterocycles. The minimum absolute atomic E-state index is 0.182. The van der Waals surface area contributed by atoms with E-state index in [2.05, 4.69) is 16.0 Å². The molecule has 1 saturated carbocycles. The number of ether oxygens (including phenoxy) is 1. The maximum atomic E-state index is 11.3. The van der Waals surface area contributed by atoms with Crippen LogP contribution in [0.3, 0.4) is 0 Å². The van der Waals surface area contributed by atoms with E-state index < -0.39 is 5.97 Å². The van der Waals surface area contributed by atoms with Crippen molar-refractivity contribution in [2.24, 2.45) is 5.92 Å². The number of nitrogens with zero attached hydrogens (tertiary/aromatic N) is 3. The second kappa shape index (κ2) is 7.61. The number of para-hydroxylation sites is 1. The molecule has 160 valence electrons. The summed E-state index contributed by atoms with van der Waals surface area (Å²) >= 11 is 0. The maximum Gasteiger partial charge on any atom is 0.306 e. The summed E-state index contributed by atoms with van der Waals surface area (Å²) < 4.78 is 7.78. The van der Waals surface area contributed by atoms with Gasteiger partial charge in [-0.15, -0.1) is 0 Å². The Morgan fingerprint density at radius 3 is 2.87 bits per heavy atom. The van der Waals surface area contributed by atoms with Crippen molar-refractivity contribution < 1.29 is 14.6 Å². The predicted octanol–water partition coefficient (Wildman–Crippen LogP) is 4.22. The minimum Gasteiger partial charge on any atom is -0.492 e. The van der Waals surface area contributed by atoms with Crippen LogP contribution < -0.4 is 10.5 Å². The Bertz CT molecular complexity index is 1270. The molecule has 3 aromatic heterocycles. The number of imidazole rings is 1. The zero-order valence-corrected chi connectivity index (χ0v) is 17.3. The molecule has 1 fully saturated rings. The molecule has 4 aromatic rings. The molecule has 1 aliphatic carbocycles. The SMILES string of the molecule is CCOc1cccc2cc(-c3nc(C4CCC(C(=O)O)CC4)n4ccnc(N)c34)[nH]c12. The maximum absolute atomic E-state index is 11.3. The van der Waals surface area contributed by atoms with Gasteiger partial charge in [0.2, 0.25) is 0 Å². The van der Waals surface area contributed by atoms with Crippen molar-refractivity contribution in [1.29, 1.82) is 0 Å². The number of hydrogen-bond acceptors (Lipinski definition) is 5. The van der Waals surface area contributed by atoms with Gasteiger partial charge in [-0.2, -0.15) is 0 Å². The summed E-state index contributed by atoms with van der Waals surface area (Å²) in [5.41, 5.74) is 9.57. The fourth-order valence-electron chi connectivity index (χ4n) is 4.69. The number of aliphatic carboxylic acids is 1. The second-order valence-electron chi connectivity index (χ2n) is 8.07. The van der Waals surface area contributed by atoms with E-state index in [0.717, 1.165) is 52.2 Å². The van der Waals surface area contributed by atoms with Crippen LogP contribution in [0.1, 0.15) is 44.3 Å². The molecule has 1 aliphatic rings. The number of anilines is 1. The van der Waals surface area contributed by atoms with E-state index in [1.807, 2.05) is 35.7 Å². The Balaban J connectivity index is 1.61. The van der Waals surface area contributed by atoms with Crippen LogP contribution in [0.25, 0.3) is 27.8 Å². The molecular formula is C23H25N5O3. The molecule has 0 bridgehead atoms. The summed E-state index contributed by atoms with van der Waals surface area (Å²) in [7, 11) is 0. The Morgan fingerprint density at radius 2 is 2.13 bits per heavy atom. The lowest BCUT2D eigenvalue weighted by Crippen LogP contribution is -2.21. The first kappa shape index (κ1) is 19.4. The highest BCUT2D eigenvalue weighted by Gasteiger charge is 2.30. The summed E-state index contributed by atoms with van der Waals surface area (Å²) in [5.74, 6) is 1.34. The van der Waals surface area contributed by atoms with Gasteiger partial charge in [0, 0.05) is 23.7 Å². The number of carboxylic acids is 1. The van der Waals surface area contributed by atoms with E-state index >= 15 is 0 Å². The Kier molecular flexibility index (Phi) is 4.77.